The molecule has 2 N–H and O–H groups in total. The zero-order chi connectivity index (χ0) is 13.6. The number of carbonyl (C=O) groups excluding carboxylic acids is 2. The molecule has 17 heavy (non-hydrogen) atoms. The van der Waals surface area contributed by atoms with Crippen molar-refractivity contribution in [1.82, 2.24) is 9.80 Å². The van der Waals surface area contributed by atoms with Gasteiger partial charge in [0.05, 0.1) is 12.6 Å². The van der Waals surface area contributed by atoms with Gasteiger partial charge in [0, 0.05) is 20.6 Å². The van der Waals surface area contributed by atoms with Crippen molar-refractivity contribution in [1.29, 1.82) is 0 Å². The molecule has 0 aromatic heterocycles. The summed E-state index contributed by atoms with van der Waals surface area (Å²) in [6.45, 7) is 6.50. The largest absolute Gasteiger partial charge is 0.347 e. The standard InChI is InChI=1S/C12H25N3O2/c1-6-15(8-11(16)14(4)5)12(17)10(13)7-9(2)3/h9-10H,6-8,13H2,1-5H3/t10-/m0/s1. The van der Waals surface area contributed by atoms with Crippen molar-refractivity contribution in [3.63, 3.8) is 0 Å². The van der Waals surface area contributed by atoms with Gasteiger partial charge in [0.2, 0.25) is 11.8 Å². The highest BCUT2D eigenvalue weighted by Crippen LogP contribution is 2.06. The Kier molecular flexibility index (Phi) is 6.80. The second kappa shape index (κ2) is 7.27. The van der Waals surface area contributed by atoms with Crippen molar-refractivity contribution in [2.45, 2.75) is 33.2 Å². The molecule has 0 aromatic rings. The number of rotatable bonds is 6. The molecule has 0 unspecified atom stereocenters. The average molecular weight is 243 g/mol. The van der Waals surface area contributed by atoms with Crippen LogP contribution in [0.25, 0.3) is 0 Å². The van der Waals surface area contributed by atoms with Crippen LogP contribution in [-0.4, -0.2) is 54.8 Å². The lowest BCUT2D eigenvalue weighted by molar-refractivity contribution is -0.140. The summed E-state index contributed by atoms with van der Waals surface area (Å²) in [7, 11) is 3.35. The van der Waals surface area contributed by atoms with Gasteiger partial charge in [-0.2, -0.15) is 0 Å². The third kappa shape index (κ3) is 5.68. The predicted molar refractivity (Wildman–Crippen MR) is 68.4 cm³/mol. The second-order valence-corrected chi connectivity index (χ2v) is 4.88. The summed E-state index contributed by atoms with van der Waals surface area (Å²) in [4.78, 5) is 26.5. The minimum Gasteiger partial charge on any atom is -0.347 e. The van der Waals surface area contributed by atoms with Gasteiger partial charge in [-0.25, -0.2) is 0 Å². The summed E-state index contributed by atoms with van der Waals surface area (Å²) in [6, 6.07) is -0.509. The fourth-order valence-corrected chi connectivity index (χ4v) is 1.49. The van der Waals surface area contributed by atoms with Gasteiger partial charge in [0.25, 0.3) is 0 Å². The van der Waals surface area contributed by atoms with Crippen LogP contribution in [0.5, 0.6) is 0 Å². The number of amides is 2. The van der Waals surface area contributed by atoms with E-state index in [4.69, 9.17) is 5.73 Å². The normalized spacial score (nSPS) is 12.4. The molecule has 5 nitrogen and oxygen atoms in total. The van der Waals surface area contributed by atoms with E-state index in [2.05, 4.69) is 0 Å². The third-order valence-corrected chi connectivity index (χ3v) is 2.56. The van der Waals surface area contributed by atoms with Crippen LogP contribution in [0.3, 0.4) is 0 Å². The summed E-state index contributed by atoms with van der Waals surface area (Å²) in [5.74, 6) is 0.144. The maximum Gasteiger partial charge on any atom is 0.241 e. The van der Waals surface area contributed by atoms with E-state index in [9.17, 15) is 9.59 Å². The minimum atomic E-state index is -0.509. The van der Waals surface area contributed by atoms with E-state index in [-0.39, 0.29) is 18.4 Å². The van der Waals surface area contributed by atoms with Crippen LogP contribution >= 0.6 is 0 Å². The van der Waals surface area contributed by atoms with E-state index in [1.807, 2.05) is 20.8 Å². The molecule has 0 aromatic carbocycles. The molecule has 0 rings (SSSR count). The van der Waals surface area contributed by atoms with Gasteiger partial charge in [-0.1, -0.05) is 13.8 Å². The molecule has 2 amide bonds. The molecule has 0 aliphatic carbocycles. The number of hydrogen-bond acceptors (Lipinski definition) is 3. The fraction of sp³-hybridized carbons (Fsp3) is 0.833. The van der Waals surface area contributed by atoms with E-state index in [0.29, 0.717) is 18.9 Å². The van der Waals surface area contributed by atoms with Gasteiger partial charge in [-0.15, -0.1) is 0 Å². The van der Waals surface area contributed by atoms with Crippen molar-refractivity contribution in [2.75, 3.05) is 27.2 Å². The molecule has 0 bridgehead atoms. The zero-order valence-electron chi connectivity index (χ0n) is 11.6. The van der Waals surface area contributed by atoms with Crippen LogP contribution in [0.4, 0.5) is 0 Å². The molecule has 0 saturated heterocycles. The van der Waals surface area contributed by atoms with Gasteiger partial charge in [0.1, 0.15) is 0 Å². The highest BCUT2D eigenvalue weighted by atomic mass is 16.2. The highest BCUT2D eigenvalue weighted by molar-refractivity contribution is 5.87. The number of carbonyl (C=O) groups is 2. The first-order valence-corrected chi connectivity index (χ1v) is 6.04. The van der Waals surface area contributed by atoms with E-state index < -0.39 is 6.04 Å². The van der Waals surface area contributed by atoms with Gasteiger partial charge in [-0.05, 0) is 19.3 Å². The Labute approximate surface area is 104 Å². The number of nitrogens with zero attached hydrogens (tertiary/aromatic N) is 2. The predicted octanol–water partition coefficient (Wildman–Crippen LogP) is 0.297. The first-order chi connectivity index (χ1) is 7.79. The highest BCUT2D eigenvalue weighted by Gasteiger charge is 2.22. The third-order valence-electron chi connectivity index (χ3n) is 2.56. The molecule has 0 spiro atoms. The Bertz CT molecular complexity index is 264. The Balaban J connectivity index is 4.45. The molecule has 1 atom stereocenters. The molecule has 5 heteroatoms. The monoisotopic (exact) mass is 243 g/mol. The average Bonchev–Trinajstić information content (AvgIpc) is 2.23. The van der Waals surface area contributed by atoms with E-state index >= 15 is 0 Å². The van der Waals surface area contributed by atoms with Crippen molar-refractivity contribution in [2.24, 2.45) is 11.7 Å². The zero-order valence-corrected chi connectivity index (χ0v) is 11.6. The van der Waals surface area contributed by atoms with E-state index in [0.717, 1.165) is 0 Å². The van der Waals surface area contributed by atoms with Crippen molar-refractivity contribution in [3.05, 3.63) is 0 Å². The van der Waals surface area contributed by atoms with Crippen LogP contribution in [0, 0.1) is 5.92 Å². The first kappa shape index (κ1) is 15.9. The first-order valence-electron chi connectivity index (χ1n) is 6.04. The topological polar surface area (TPSA) is 66.6 Å². The molecule has 0 aliphatic heterocycles. The molecule has 0 heterocycles. The SMILES string of the molecule is CCN(CC(=O)N(C)C)C(=O)[C@@H](N)CC(C)C. The molecule has 0 saturated carbocycles. The lowest BCUT2D eigenvalue weighted by atomic mass is 10.0. The van der Waals surface area contributed by atoms with Crippen LogP contribution in [-0.2, 0) is 9.59 Å². The number of hydrogen-bond donors (Lipinski definition) is 1. The summed E-state index contributed by atoms with van der Waals surface area (Å²) >= 11 is 0. The summed E-state index contributed by atoms with van der Waals surface area (Å²) in [5.41, 5.74) is 5.83. The Morgan fingerprint density at radius 3 is 2.12 bits per heavy atom. The number of nitrogens with two attached hydrogens (primary N) is 1. The van der Waals surface area contributed by atoms with Crippen LogP contribution in [0.15, 0.2) is 0 Å². The Morgan fingerprint density at radius 2 is 1.76 bits per heavy atom. The molecular formula is C12H25N3O2. The maximum atomic E-state index is 12.0. The summed E-state index contributed by atoms with van der Waals surface area (Å²) < 4.78 is 0. The molecule has 100 valence electrons. The molecule has 0 aliphatic rings. The Hall–Kier alpha value is -1.10. The quantitative estimate of drug-likeness (QED) is 0.729. The molecule has 0 radical (unpaired) electrons. The Morgan fingerprint density at radius 1 is 1.24 bits per heavy atom. The lowest BCUT2D eigenvalue weighted by Crippen LogP contribution is -2.48. The van der Waals surface area contributed by atoms with Crippen LogP contribution in [0.1, 0.15) is 27.2 Å². The van der Waals surface area contributed by atoms with Gasteiger partial charge in [-0.3, -0.25) is 9.59 Å². The minimum absolute atomic E-state index is 0.0862. The van der Waals surface area contributed by atoms with Gasteiger partial charge < -0.3 is 15.5 Å². The maximum absolute atomic E-state index is 12.0. The second-order valence-electron chi connectivity index (χ2n) is 4.88. The van der Waals surface area contributed by atoms with Crippen LogP contribution < -0.4 is 5.73 Å². The fourth-order valence-electron chi connectivity index (χ4n) is 1.49. The van der Waals surface area contributed by atoms with Gasteiger partial charge >= 0.3 is 0 Å². The number of likely N-dealkylation sites (N-methyl/N-ethyl adjacent to an activating group) is 2. The lowest BCUT2D eigenvalue weighted by Gasteiger charge is -2.25. The van der Waals surface area contributed by atoms with Crippen LogP contribution in [0.2, 0.25) is 0 Å². The summed E-state index contributed by atoms with van der Waals surface area (Å²) in [6.07, 6.45) is 0.644. The van der Waals surface area contributed by atoms with Crippen molar-refractivity contribution in [3.8, 4) is 0 Å². The molecular weight excluding hydrogens is 218 g/mol. The summed E-state index contributed by atoms with van der Waals surface area (Å²) in [5, 5.41) is 0. The van der Waals surface area contributed by atoms with Gasteiger partial charge in [0.15, 0.2) is 0 Å². The van der Waals surface area contributed by atoms with Crippen molar-refractivity contribution >= 4 is 11.8 Å². The molecule has 0 fully saturated rings. The van der Waals surface area contributed by atoms with E-state index in [1.165, 1.54) is 9.80 Å². The van der Waals surface area contributed by atoms with E-state index in [1.54, 1.807) is 14.1 Å². The smallest absolute Gasteiger partial charge is 0.241 e. The van der Waals surface area contributed by atoms with Crippen molar-refractivity contribution < 1.29 is 9.59 Å².